The molecule has 23 heavy (non-hydrogen) atoms. The molecule has 122 valence electrons. The molecule has 1 amide bonds. The van der Waals surface area contributed by atoms with Crippen molar-refractivity contribution in [3.63, 3.8) is 0 Å². The zero-order chi connectivity index (χ0) is 17.0. The Morgan fingerprint density at radius 3 is 2.13 bits per heavy atom. The Balaban J connectivity index is 2.07. The second-order valence-corrected chi connectivity index (χ2v) is 6.99. The van der Waals surface area contributed by atoms with Crippen LogP contribution in [0.25, 0.3) is 0 Å². The first-order valence-corrected chi connectivity index (χ1v) is 7.96. The Morgan fingerprint density at radius 2 is 1.61 bits per heavy atom. The van der Waals surface area contributed by atoms with E-state index in [1.807, 2.05) is 42.5 Å². The van der Waals surface area contributed by atoms with Gasteiger partial charge >= 0.3 is 0 Å². The van der Waals surface area contributed by atoms with E-state index >= 15 is 0 Å². The molecule has 0 aliphatic rings. The Morgan fingerprint density at radius 1 is 1.04 bits per heavy atom. The quantitative estimate of drug-likeness (QED) is 0.939. The zero-order valence-electron chi connectivity index (χ0n) is 14.4. The third kappa shape index (κ3) is 4.42. The topological polar surface area (TPSA) is 46.3 Å². The number of rotatable bonds is 4. The molecule has 2 aromatic rings. The third-order valence-electron chi connectivity index (χ3n) is 4.07. The van der Waals surface area contributed by atoms with Crippen molar-refractivity contribution in [2.75, 3.05) is 11.9 Å². The van der Waals surface area contributed by atoms with Gasteiger partial charge in [0, 0.05) is 12.7 Å². The van der Waals surface area contributed by atoms with Gasteiger partial charge in [-0.2, -0.15) is 0 Å². The second kappa shape index (κ2) is 6.97. The minimum Gasteiger partial charge on any atom is -0.320 e. The molecule has 1 atom stereocenters. The summed E-state index contributed by atoms with van der Waals surface area (Å²) in [5.41, 5.74) is 9.38. The molecule has 2 aromatic carbocycles. The summed E-state index contributed by atoms with van der Waals surface area (Å²) in [6.07, 6.45) is 0.546. The van der Waals surface area contributed by atoms with E-state index in [2.05, 4.69) is 32.9 Å². The molecule has 0 aliphatic carbocycles. The van der Waals surface area contributed by atoms with Crippen LogP contribution >= 0.6 is 0 Å². The summed E-state index contributed by atoms with van der Waals surface area (Å²) in [6.45, 7) is 6.52. The first-order chi connectivity index (χ1) is 10.8. The highest BCUT2D eigenvalue weighted by atomic mass is 16.2. The van der Waals surface area contributed by atoms with Gasteiger partial charge in [0.05, 0.1) is 6.04 Å². The predicted octanol–water partition coefficient (Wildman–Crippen LogP) is 3.52. The summed E-state index contributed by atoms with van der Waals surface area (Å²) in [5.74, 6) is -0.0719. The van der Waals surface area contributed by atoms with Crippen molar-refractivity contribution in [2.45, 2.75) is 38.6 Å². The highest BCUT2D eigenvalue weighted by Gasteiger charge is 2.20. The molecule has 0 bridgehead atoms. The van der Waals surface area contributed by atoms with Crippen molar-refractivity contribution >= 4 is 11.6 Å². The van der Waals surface area contributed by atoms with Gasteiger partial charge in [-0.05, 0) is 35.1 Å². The molecule has 0 unspecified atom stereocenters. The lowest BCUT2D eigenvalue weighted by molar-refractivity contribution is -0.119. The summed E-state index contributed by atoms with van der Waals surface area (Å²) >= 11 is 0. The van der Waals surface area contributed by atoms with E-state index in [9.17, 15) is 4.79 Å². The number of nitrogens with zero attached hydrogens (tertiary/aromatic N) is 1. The minimum absolute atomic E-state index is 0.0719. The van der Waals surface area contributed by atoms with Gasteiger partial charge < -0.3 is 10.6 Å². The van der Waals surface area contributed by atoms with Crippen LogP contribution in [0.5, 0.6) is 0 Å². The van der Waals surface area contributed by atoms with Crippen molar-refractivity contribution in [2.24, 2.45) is 5.73 Å². The van der Waals surface area contributed by atoms with Gasteiger partial charge in [0.15, 0.2) is 0 Å². The first-order valence-electron chi connectivity index (χ1n) is 7.96. The molecule has 2 rings (SSSR count). The lowest BCUT2D eigenvalue weighted by atomic mass is 9.87. The zero-order valence-corrected chi connectivity index (χ0v) is 14.4. The first kappa shape index (κ1) is 17.2. The third-order valence-corrected chi connectivity index (χ3v) is 4.07. The fraction of sp³-hybridized carbons (Fsp3) is 0.350. The average Bonchev–Trinajstić information content (AvgIpc) is 2.53. The van der Waals surface area contributed by atoms with E-state index in [1.165, 1.54) is 5.56 Å². The van der Waals surface area contributed by atoms with Crippen LogP contribution in [-0.4, -0.2) is 19.0 Å². The van der Waals surface area contributed by atoms with Crippen molar-refractivity contribution in [3.8, 4) is 0 Å². The number of hydrogen-bond donors (Lipinski definition) is 1. The van der Waals surface area contributed by atoms with Crippen LogP contribution in [0, 0.1) is 0 Å². The number of likely N-dealkylation sites (N-methyl/N-ethyl adjacent to an activating group) is 1. The van der Waals surface area contributed by atoms with Gasteiger partial charge in [0.1, 0.15) is 0 Å². The van der Waals surface area contributed by atoms with Crippen LogP contribution in [0.15, 0.2) is 54.6 Å². The van der Waals surface area contributed by atoms with Gasteiger partial charge in [-0.15, -0.1) is 0 Å². The van der Waals surface area contributed by atoms with E-state index in [1.54, 1.807) is 11.9 Å². The second-order valence-electron chi connectivity index (χ2n) is 6.99. The molecule has 0 aromatic heterocycles. The fourth-order valence-electron chi connectivity index (χ4n) is 2.52. The highest BCUT2D eigenvalue weighted by molar-refractivity contribution is 5.96. The number of hydrogen-bond acceptors (Lipinski definition) is 2. The molecule has 2 N–H and O–H groups in total. The standard InChI is InChI=1S/C20H26N2O/c1-20(2,3)16-10-12-17(13-11-16)22(4)19(23)18(21)14-15-8-6-5-7-9-15/h5-13,18H,14,21H2,1-4H3/t18-/m0/s1. The molecule has 0 spiro atoms. The number of benzene rings is 2. The number of carbonyl (C=O) groups excluding carboxylic acids is 1. The molecule has 0 heterocycles. The molecule has 0 aliphatic heterocycles. The van der Waals surface area contributed by atoms with Crippen molar-refractivity contribution in [3.05, 3.63) is 65.7 Å². The number of nitrogens with two attached hydrogens (primary N) is 1. The van der Waals surface area contributed by atoms with Crippen LogP contribution in [0.3, 0.4) is 0 Å². The molecule has 3 nitrogen and oxygen atoms in total. The smallest absolute Gasteiger partial charge is 0.243 e. The van der Waals surface area contributed by atoms with Gasteiger partial charge in [0.25, 0.3) is 0 Å². The number of amides is 1. The predicted molar refractivity (Wildman–Crippen MR) is 96.7 cm³/mol. The summed E-state index contributed by atoms with van der Waals surface area (Å²) in [5, 5.41) is 0. The maximum atomic E-state index is 12.5. The van der Waals surface area contributed by atoms with E-state index < -0.39 is 6.04 Å². The van der Waals surface area contributed by atoms with E-state index in [0.29, 0.717) is 6.42 Å². The molecule has 0 saturated heterocycles. The van der Waals surface area contributed by atoms with Crippen LogP contribution in [0.1, 0.15) is 31.9 Å². The van der Waals surface area contributed by atoms with Gasteiger partial charge in [-0.1, -0.05) is 63.2 Å². The maximum Gasteiger partial charge on any atom is 0.243 e. The average molecular weight is 310 g/mol. The van der Waals surface area contributed by atoms with Crippen LogP contribution in [0.4, 0.5) is 5.69 Å². The molecular weight excluding hydrogens is 284 g/mol. The SMILES string of the molecule is CN(C(=O)[C@@H](N)Cc1ccccc1)c1ccc(C(C)(C)C)cc1. The largest absolute Gasteiger partial charge is 0.320 e. The van der Waals surface area contributed by atoms with E-state index in [0.717, 1.165) is 11.3 Å². The lowest BCUT2D eigenvalue weighted by Crippen LogP contribution is -2.43. The molecule has 0 radical (unpaired) electrons. The van der Waals surface area contributed by atoms with Crippen molar-refractivity contribution < 1.29 is 4.79 Å². The summed E-state index contributed by atoms with van der Waals surface area (Å²) in [6, 6.07) is 17.4. The van der Waals surface area contributed by atoms with Gasteiger partial charge in [-0.3, -0.25) is 4.79 Å². The van der Waals surface area contributed by atoms with Crippen LogP contribution in [-0.2, 0) is 16.6 Å². The summed E-state index contributed by atoms with van der Waals surface area (Å²) < 4.78 is 0. The van der Waals surface area contributed by atoms with Gasteiger partial charge in [-0.25, -0.2) is 0 Å². The lowest BCUT2D eigenvalue weighted by Gasteiger charge is -2.24. The minimum atomic E-state index is -0.537. The summed E-state index contributed by atoms with van der Waals surface area (Å²) in [4.78, 5) is 14.2. The Labute approximate surface area is 139 Å². The molecule has 3 heteroatoms. The molecule has 0 fully saturated rings. The Hall–Kier alpha value is -2.13. The van der Waals surface area contributed by atoms with E-state index in [-0.39, 0.29) is 11.3 Å². The summed E-state index contributed by atoms with van der Waals surface area (Å²) in [7, 11) is 1.78. The molecular formula is C20H26N2O. The van der Waals surface area contributed by atoms with Gasteiger partial charge in [0.2, 0.25) is 5.91 Å². The van der Waals surface area contributed by atoms with Crippen LogP contribution < -0.4 is 10.6 Å². The Kier molecular flexibility index (Phi) is 5.22. The van der Waals surface area contributed by atoms with Crippen molar-refractivity contribution in [1.29, 1.82) is 0 Å². The number of carbonyl (C=O) groups is 1. The maximum absolute atomic E-state index is 12.5. The fourth-order valence-corrected chi connectivity index (χ4v) is 2.52. The Bertz CT molecular complexity index is 642. The molecule has 0 saturated carbocycles. The van der Waals surface area contributed by atoms with E-state index in [4.69, 9.17) is 5.73 Å². The highest BCUT2D eigenvalue weighted by Crippen LogP contribution is 2.24. The monoisotopic (exact) mass is 310 g/mol. The normalized spacial score (nSPS) is 12.7. The van der Waals surface area contributed by atoms with Crippen LogP contribution in [0.2, 0.25) is 0 Å². The van der Waals surface area contributed by atoms with Crippen molar-refractivity contribution in [1.82, 2.24) is 0 Å². The number of anilines is 1.